The van der Waals surface area contributed by atoms with Crippen molar-refractivity contribution < 1.29 is 4.79 Å². The fourth-order valence-corrected chi connectivity index (χ4v) is 5.59. The summed E-state index contributed by atoms with van der Waals surface area (Å²) in [6, 6.07) is 10.8. The zero-order valence-electron chi connectivity index (χ0n) is 20.4. The summed E-state index contributed by atoms with van der Waals surface area (Å²) in [6.45, 7) is 5.49. The Morgan fingerprint density at radius 1 is 1.11 bits per heavy atom. The number of piperazine rings is 1. The SMILES string of the molecule is CN1CCN(Cc2ccc(C#Cc3cnc(Cl)cc3NC3CCC4(CCC(=O)N4)CC3)cc2)CC1. The topological polar surface area (TPSA) is 60.5 Å². The Balaban J connectivity index is 1.21. The molecule has 6 nitrogen and oxygen atoms in total. The zero-order valence-corrected chi connectivity index (χ0v) is 21.2. The van der Waals surface area contributed by atoms with Gasteiger partial charge in [0, 0.05) is 62.5 Å². The van der Waals surface area contributed by atoms with Crippen LogP contribution >= 0.6 is 11.6 Å². The summed E-state index contributed by atoms with van der Waals surface area (Å²) >= 11 is 6.22. The maximum absolute atomic E-state index is 11.7. The Kier molecular flexibility index (Phi) is 7.29. The number of anilines is 1. The van der Waals surface area contributed by atoms with Crippen LogP contribution in [0.15, 0.2) is 36.5 Å². The summed E-state index contributed by atoms with van der Waals surface area (Å²) in [7, 11) is 2.18. The fraction of sp³-hybridized carbons (Fsp3) is 0.500. The first-order chi connectivity index (χ1) is 17.0. The smallest absolute Gasteiger partial charge is 0.220 e. The standard InChI is InChI=1S/C28H34ClN5O/c1-33-14-16-34(17-15-33)20-22-4-2-21(3-5-22)6-7-23-19-30-26(29)18-25(23)31-24-8-11-28(12-9-24)13-10-27(35)32-28/h2-5,18-19,24H,8-17,20H2,1H3,(H,30,31)(H,32,35). The van der Waals surface area contributed by atoms with E-state index in [0.29, 0.717) is 17.6 Å². The largest absolute Gasteiger partial charge is 0.381 e. The number of nitrogens with one attached hydrogen (secondary N) is 2. The lowest BCUT2D eigenvalue weighted by Crippen LogP contribution is -2.46. The molecule has 1 aromatic heterocycles. The molecule has 1 aliphatic carbocycles. The molecule has 2 aromatic rings. The minimum atomic E-state index is 0.0182. The van der Waals surface area contributed by atoms with Crippen LogP contribution in [0.1, 0.15) is 55.2 Å². The van der Waals surface area contributed by atoms with E-state index in [1.54, 1.807) is 6.20 Å². The van der Waals surface area contributed by atoms with Gasteiger partial charge in [0.05, 0.1) is 11.3 Å². The molecule has 0 radical (unpaired) electrons. The van der Waals surface area contributed by atoms with E-state index in [1.165, 1.54) is 5.56 Å². The van der Waals surface area contributed by atoms with Crippen molar-refractivity contribution in [3.63, 3.8) is 0 Å². The van der Waals surface area contributed by atoms with Crippen LogP contribution in [-0.4, -0.2) is 65.5 Å². The number of nitrogens with zero attached hydrogens (tertiary/aromatic N) is 3. The number of likely N-dealkylation sites (N-methyl/N-ethyl adjacent to an activating group) is 1. The maximum Gasteiger partial charge on any atom is 0.220 e. The second kappa shape index (κ2) is 10.6. The maximum atomic E-state index is 11.7. The predicted octanol–water partition coefficient (Wildman–Crippen LogP) is 3.89. The van der Waals surface area contributed by atoms with Crippen molar-refractivity contribution in [3.05, 3.63) is 58.4 Å². The molecule has 0 bridgehead atoms. The number of rotatable bonds is 4. The molecule has 35 heavy (non-hydrogen) atoms. The Hall–Kier alpha value is -2.59. The quantitative estimate of drug-likeness (QED) is 0.502. The lowest BCUT2D eigenvalue weighted by Gasteiger charge is -2.37. The molecule has 0 unspecified atom stereocenters. The van der Waals surface area contributed by atoms with Crippen LogP contribution in [0.3, 0.4) is 0 Å². The van der Waals surface area contributed by atoms with Gasteiger partial charge in [0.1, 0.15) is 5.15 Å². The number of hydrogen-bond donors (Lipinski definition) is 2. The van der Waals surface area contributed by atoms with E-state index in [1.807, 2.05) is 6.07 Å². The number of amides is 1. The van der Waals surface area contributed by atoms with Gasteiger partial charge in [-0.05, 0) is 62.9 Å². The molecule has 1 aromatic carbocycles. The van der Waals surface area contributed by atoms with Crippen LogP contribution in [0.4, 0.5) is 5.69 Å². The summed E-state index contributed by atoms with van der Waals surface area (Å²) in [4.78, 5) is 20.9. The van der Waals surface area contributed by atoms with Gasteiger partial charge in [-0.3, -0.25) is 9.69 Å². The molecule has 3 aliphatic rings. The lowest BCUT2D eigenvalue weighted by atomic mass is 9.78. The van der Waals surface area contributed by atoms with Gasteiger partial charge in [0.25, 0.3) is 0 Å². The molecule has 2 aliphatic heterocycles. The number of aromatic nitrogens is 1. The van der Waals surface area contributed by atoms with Crippen LogP contribution < -0.4 is 10.6 Å². The third-order valence-electron chi connectivity index (χ3n) is 7.71. The monoisotopic (exact) mass is 491 g/mol. The van der Waals surface area contributed by atoms with E-state index >= 15 is 0 Å². The van der Waals surface area contributed by atoms with Gasteiger partial charge < -0.3 is 15.5 Å². The fourth-order valence-electron chi connectivity index (χ4n) is 5.43. The highest BCUT2D eigenvalue weighted by molar-refractivity contribution is 6.29. The Morgan fingerprint density at radius 3 is 2.54 bits per heavy atom. The van der Waals surface area contributed by atoms with Gasteiger partial charge in [-0.2, -0.15) is 0 Å². The van der Waals surface area contributed by atoms with E-state index < -0.39 is 0 Å². The first-order valence-electron chi connectivity index (χ1n) is 12.7. The van der Waals surface area contributed by atoms with Gasteiger partial charge in [-0.25, -0.2) is 4.98 Å². The van der Waals surface area contributed by atoms with Crippen molar-refractivity contribution in [2.24, 2.45) is 0 Å². The number of hydrogen-bond acceptors (Lipinski definition) is 5. The molecule has 1 spiro atoms. The number of carbonyl (C=O) groups is 1. The number of benzene rings is 1. The van der Waals surface area contributed by atoms with Gasteiger partial charge in [-0.1, -0.05) is 35.6 Å². The van der Waals surface area contributed by atoms with Crippen molar-refractivity contribution >= 4 is 23.2 Å². The third kappa shape index (κ3) is 6.16. The second-order valence-electron chi connectivity index (χ2n) is 10.3. The summed E-state index contributed by atoms with van der Waals surface area (Å²) in [5.41, 5.74) is 4.12. The van der Waals surface area contributed by atoms with Crippen LogP contribution in [0, 0.1) is 11.8 Å². The first kappa shape index (κ1) is 24.1. The molecule has 1 saturated carbocycles. The normalized spacial score (nSPS) is 25.2. The van der Waals surface area contributed by atoms with Crippen LogP contribution in [0.5, 0.6) is 0 Å². The van der Waals surface area contributed by atoms with Crippen molar-refractivity contribution in [3.8, 4) is 11.8 Å². The first-order valence-corrected chi connectivity index (χ1v) is 13.1. The molecule has 2 N–H and O–H groups in total. The Labute approximate surface area is 213 Å². The van der Waals surface area contributed by atoms with Gasteiger partial charge in [0.15, 0.2) is 0 Å². The minimum Gasteiger partial charge on any atom is -0.381 e. The summed E-state index contributed by atoms with van der Waals surface area (Å²) in [6.07, 6.45) is 7.43. The van der Waals surface area contributed by atoms with Crippen LogP contribution in [0.2, 0.25) is 5.15 Å². The van der Waals surface area contributed by atoms with Crippen molar-refractivity contribution in [1.82, 2.24) is 20.1 Å². The molecule has 2 saturated heterocycles. The average molecular weight is 492 g/mol. The molecule has 3 fully saturated rings. The van der Waals surface area contributed by atoms with Crippen molar-refractivity contribution in [2.45, 2.75) is 56.7 Å². The summed E-state index contributed by atoms with van der Waals surface area (Å²) in [5, 5.41) is 7.33. The van der Waals surface area contributed by atoms with Crippen LogP contribution in [0.25, 0.3) is 0 Å². The molecule has 7 heteroatoms. The Bertz CT molecular complexity index is 1110. The summed E-state index contributed by atoms with van der Waals surface area (Å²) in [5.74, 6) is 6.79. The third-order valence-corrected chi connectivity index (χ3v) is 7.91. The molecule has 1 amide bonds. The van der Waals surface area contributed by atoms with Gasteiger partial charge in [0.2, 0.25) is 5.91 Å². The van der Waals surface area contributed by atoms with E-state index in [2.05, 4.69) is 68.6 Å². The van der Waals surface area contributed by atoms with E-state index in [-0.39, 0.29) is 11.4 Å². The molecular formula is C28H34ClN5O. The molecular weight excluding hydrogens is 458 g/mol. The van der Waals surface area contributed by atoms with E-state index in [9.17, 15) is 4.79 Å². The average Bonchev–Trinajstić information content (AvgIpc) is 3.22. The molecule has 5 rings (SSSR count). The van der Waals surface area contributed by atoms with Gasteiger partial charge in [-0.15, -0.1) is 0 Å². The van der Waals surface area contributed by atoms with Gasteiger partial charge >= 0.3 is 0 Å². The number of pyridine rings is 1. The number of carbonyl (C=O) groups excluding carboxylic acids is 1. The predicted molar refractivity (Wildman–Crippen MR) is 140 cm³/mol. The zero-order chi connectivity index (χ0) is 24.3. The highest BCUT2D eigenvalue weighted by Gasteiger charge is 2.40. The molecule has 184 valence electrons. The highest BCUT2D eigenvalue weighted by Crippen LogP contribution is 2.37. The molecule has 0 atom stereocenters. The van der Waals surface area contributed by atoms with Crippen LogP contribution in [-0.2, 0) is 11.3 Å². The molecule has 3 heterocycles. The summed E-state index contributed by atoms with van der Waals surface area (Å²) < 4.78 is 0. The van der Waals surface area contributed by atoms with E-state index in [4.69, 9.17) is 11.6 Å². The van der Waals surface area contributed by atoms with E-state index in [0.717, 1.165) is 81.6 Å². The second-order valence-corrected chi connectivity index (χ2v) is 10.7. The minimum absolute atomic E-state index is 0.0182. The Morgan fingerprint density at radius 2 is 1.86 bits per heavy atom. The lowest BCUT2D eigenvalue weighted by molar-refractivity contribution is -0.120. The van der Waals surface area contributed by atoms with Crippen molar-refractivity contribution in [1.29, 1.82) is 0 Å². The number of halogens is 1. The van der Waals surface area contributed by atoms with Crippen molar-refractivity contribution in [2.75, 3.05) is 38.5 Å². The highest BCUT2D eigenvalue weighted by atomic mass is 35.5.